The second-order valence-corrected chi connectivity index (χ2v) is 17.8. The maximum atomic E-state index is 12.6. The summed E-state index contributed by atoms with van der Waals surface area (Å²) in [4.78, 5) is 92.5. The molecule has 2 aromatic rings. The number of esters is 2. The molecule has 0 saturated carbocycles. The number of carboxylic acid groups (broad SMARTS) is 1. The molecule has 0 aliphatic carbocycles. The van der Waals surface area contributed by atoms with Gasteiger partial charge in [0.05, 0.1) is 58.5 Å². The monoisotopic (exact) mass is 1150 g/mol. The zero-order valence-electron chi connectivity index (χ0n) is 35.4. The largest absolute Gasteiger partial charge is 0.478 e. The molecule has 0 bridgehead atoms. The number of ether oxygens (including phenoxy) is 4. The number of carboxylic acids is 1. The molecule has 0 heterocycles. The van der Waals surface area contributed by atoms with Gasteiger partial charge in [0.1, 0.15) is 23.3 Å². The maximum absolute atomic E-state index is 12.6. The van der Waals surface area contributed by atoms with Crippen LogP contribution in [-0.4, -0.2) is 103 Å². The summed E-state index contributed by atoms with van der Waals surface area (Å²) in [5, 5.41) is 16.2. The van der Waals surface area contributed by atoms with E-state index < -0.39 is 59.3 Å². The first-order valence-corrected chi connectivity index (χ1v) is 20.8. The van der Waals surface area contributed by atoms with Crippen molar-refractivity contribution >= 4 is 153 Å². The first-order valence-electron chi connectivity index (χ1n) is 17.7. The van der Waals surface area contributed by atoms with E-state index in [9.17, 15) is 38.4 Å². The molecule has 0 spiro atoms. The molecule has 2 rings (SSSR count). The number of rotatable bonds is 15. The van der Waals surface area contributed by atoms with Crippen LogP contribution in [0.3, 0.4) is 0 Å². The number of alkyl carbamates (subject to hydrolysis) is 2. The SMILES string of the molecule is C.COC(=O)[C@@H](N)CCC(=O)CNC(=O)OC(C)(C)C.COC(=O)[C@H](CCC(=O)CNC(=O)OC(C)(C)C)NC(=O)c1c(Cl)cc(Br)cc1Cl.O=C(O)c1c(Cl)cc(Br)cc1Cl.S.S. The Morgan fingerprint density at radius 2 is 1.00 bits per heavy atom. The molecule has 364 valence electrons. The van der Waals surface area contributed by atoms with Crippen molar-refractivity contribution in [1.82, 2.24) is 16.0 Å². The van der Waals surface area contributed by atoms with Crippen LogP contribution in [-0.2, 0) is 38.1 Å². The normalized spacial score (nSPS) is 11.2. The average Bonchev–Trinajstić information content (AvgIpc) is 3.11. The van der Waals surface area contributed by atoms with Gasteiger partial charge in [0.2, 0.25) is 0 Å². The summed E-state index contributed by atoms with van der Waals surface area (Å²) in [6, 6.07) is 4.01. The van der Waals surface area contributed by atoms with E-state index in [1.807, 2.05) is 0 Å². The molecule has 0 aromatic heterocycles. The van der Waals surface area contributed by atoms with Gasteiger partial charge in [0.25, 0.3) is 5.91 Å². The van der Waals surface area contributed by atoms with Crippen LogP contribution >= 0.6 is 105 Å². The summed E-state index contributed by atoms with van der Waals surface area (Å²) in [6.07, 6.45) is -1.25. The predicted molar refractivity (Wildman–Crippen MR) is 263 cm³/mol. The molecule has 6 N–H and O–H groups in total. The van der Waals surface area contributed by atoms with Gasteiger partial charge < -0.3 is 45.7 Å². The Balaban J connectivity index is -0.000000454. The second kappa shape index (κ2) is 32.6. The Morgan fingerprint density at radius 1 is 0.656 bits per heavy atom. The van der Waals surface area contributed by atoms with Crippen molar-refractivity contribution in [2.24, 2.45) is 5.73 Å². The van der Waals surface area contributed by atoms with Crippen molar-refractivity contribution in [3.05, 3.63) is 64.4 Å². The molecule has 2 aromatic carbocycles. The summed E-state index contributed by atoms with van der Waals surface area (Å²) < 4.78 is 20.4. The van der Waals surface area contributed by atoms with Gasteiger partial charge in [-0.15, -0.1) is 0 Å². The molecule has 0 unspecified atom stereocenters. The maximum Gasteiger partial charge on any atom is 0.408 e. The van der Waals surface area contributed by atoms with E-state index in [0.717, 1.165) is 7.11 Å². The van der Waals surface area contributed by atoms with Gasteiger partial charge in [0.15, 0.2) is 11.6 Å². The highest BCUT2D eigenvalue weighted by atomic mass is 79.9. The smallest absolute Gasteiger partial charge is 0.408 e. The zero-order chi connectivity index (χ0) is 47.4. The number of ketones is 2. The van der Waals surface area contributed by atoms with E-state index in [-0.39, 0.29) is 116 Å². The van der Waals surface area contributed by atoms with Crippen LogP contribution in [0.1, 0.15) is 95.4 Å². The minimum atomic E-state index is -1.13. The van der Waals surface area contributed by atoms with Gasteiger partial charge in [-0.2, -0.15) is 27.0 Å². The topological polar surface area (TPSA) is 256 Å². The first-order chi connectivity index (χ1) is 28.0. The summed E-state index contributed by atoms with van der Waals surface area (Å²) >= 11 is 29.8. The number of carbonyl (C=O) groups excluding carboxylic acids is 7. The standard InChI is InChI=1S/C19H23BrCl2N2O6.C12H22N2O5.C7H3BrCl2O2.CH4.2H2S/c1-19(2,3)30-18(28)23-9-11(25)5-6-14(17(27)29-4)24-16(26)15-12(21)7-10(20)8-13(15)22;1-12(2,3)19-11(17)14-7-8(15)5-6-9(13)10(16)18-4;8-3-1-4(9)6(7(11)12)5(10)2-3;;;/h7-8,14H,5-6,9H2,1-4H3,(H,23,28)(H,24,26);9H,5-7,13H2,1-4H3,(H,14,17);1-2H,(H,11,12);1H4;2*1H2/t14-;9-;;;;/m00..../s1. The van der Waals surface area contributed by atoms with E-state index in [2.05, 4.69) is 57.3 Å². The molecule has 0 aliphatic rings. The predicted octanol–water partition coefficient (Wildman–Crippen LogP) is 8.58. The lowest BCUT2D eigenvalue weighted by atomic mass is 10.1. The van der Waals surface area contributed by atoms with Gasteiger partial charge in [-0.05, 0) is 78.6 Å². The van der Waals surface area contributed by atoms with Gasteiger partial charge >= 0.3 is 30.1 Å². The van der Waals surface area contributed by atoms with Gasteiger partial charge in [0, 0.05) is 21.8 Å². The highest BCUT2D eigenvalue weighted by Gasteiger charge is 2.26. The molecule has 0 aliphatic heterocycles. The summed E-state index contributed by atoms with van der Waals surface area (Å²) in [6.45, 7) is 9.84. The zero-order valence-corrected chi connectivity index (χ0v) is 43.6. The van der Waals surface area contributed by atoms with Crippen LogP contribution in [0.5, 0.6) is 0 Å². The minimum absolute atomic E-state index is 0. The average molecular weight is 1150 g/mol. The molecular weight excluding hydrogens is 1100 g/mol. The molecule has 0 fully saturated rings. The lowest BCUT2D eigenvalue weighted by Crippen LogP contribution is -2.42. The molecule has 0 saturated heterocycles. The number of Topliss-reactive ketones (excluding diaryl/α,β-unsaturated/α-hetero) is 2. The third-order valence-electron chi connectivity index (χ3n) is 6.85. The summed E-state index contributed by atoms with van der Waals surface area (Å²) in [5.74, 6) is -3.70. The Labute approximate surface area is 423 Å². The number of nitrogens with two attached hydrogens (primary N) is 1. The number of amides is 3. The van der Waals surface area contributed by atoms with Crippen molar-refractivity contribution in [2.75, 3.05) is 27.3 Å². The molecule has 17 nitrogen and oxygen atoms in total. The van der Waals surface area contributed by atoms with Gasteiger partial charge in [-0.3, -0.25) is 19.2 Å². The fourth-order valence-corrected chi connectivity index (χ4v) is 6.92. The highest BCUT2D eigenvalue weighted by Crippen LogP contribution is 2.30. The van der Waals surface area contributed by atoms with Crippen LogP contribution in [0.15, 0.2) is 33.2 Å². The van der Waals surface area contributed by atoms with Crippen molar-refractivity contribution in [3.63, 3.8) is 0 Å². The highest BCUT2D eigenvalue weighted by molar-refractivity contribution is 9.10. The molecule has 64 heavy (non-hydrogen) atoms. The van der Waals surface area contributed by atoms with Crippen LogP contribution in [0.4, 0.5) is 9.59 Å². The van der Waals surface area contributed by atoms with Crippen molar-refractivity contribution in [3.8, 4) is 0 Å². The quantitative estimate of drug-likeness (QED) is 0.0827. The van der Waals surface area contributed by atoms with E-state index in [0.29, 0.717) is 8.95 Å². The minimum Gasteiger partial charge on any atom is -0.478 e. The molecular formula is C39H56Br2Cl4N4O13S2. The van der Waals surface area contributed by atoms with Crippen LogP contribution in [0.2, 0.25) is 20.1 Å². The first kappa shape index (κ1) is 67.6. The number of aromatic carboxylic acids is 1. The van der Waals surface area contributed by atoms with Gasteiger partial charge in [-0.1, -0.05) is 85.7 Å². The van der Waals surface area contributed by atoms with Crippen LogP contribution in [0.25, 0.3) is 0 Å². The van der Waals surface area contributed by atoms with Crippen LogP contribution in [0, 0.1) is 0 Å². The van der Waals surface area contributed by atoms with Crippen molar-refractivity contribution in [2.45, 2.75) is 97.9 Å². The third kappa shape index (κ3) is 28.8. The Bertz CT molecular complexity index is 1880. The number of methoxy groups -OCH3 is 2. The third-order valence-corrected chi connectivity index (χ3v) is 8.96. The van der Waals surface area contributed by atoms with E-state index in [4.69, 9.17) is 66.7 Å². The van der Waals surface area contributed by atoms with Crippen molar-refractivity contribution in [1.29, 1.82) is 0 Å². The number of hydrogen-bond donors (Lipinski definition) is 5. The fourth-order valence-electron chi connectivity index (χ4n) is 4.16. The lowest BCUT2D eigenvalue weighted by Gasteiger charge is -2.19. The number of hydrogen-bond acceptors (Lipinski definition) is 13. The second-order valence-electron chi connectivity index (χ2n) is 14.3. The molecule has 3 amide bonds. The van der Waals surface area contributed by atoms with E-state index in [1.54, 1.807) is 41.5 Å². The van der Waals surface area contributed by atoms with Crippen molar-refractivity contribution < 1.29 is 62.4 Å². The molecule has 25 heteroatoms. The lowest BCUT2D eigenvalue weighted by molar-refractivity contribution is -0.143. The molecule has 0 radical (unpaired) electrons. The molecule has 2 atom stereocenters. The number of benzene rings is 2. The Morgan fingerprint density at radius 3 is 1.33 bits per heavy atom. The summed E-state index contributed by atoms with van der Waals surface area (Å²) in [5.41, 5.74) is 4.10. The van der Waals surface area contributed by atoms with E-state index >= 15 is 0 Å². The number of nitrogens with one attached hydrogen (secondary N) is 3. The summed E-state index contributed by atoms with van der Waals surface area (Å²) in [7, 11) is 2.39. The Hall–Kier alpha value is -3.02. The van der Waals surface area contributed by atoms with Gasteiger partial charge in [-0.25, -0.2) is 19.2 Å². The fraction of sp³-hybridized carbons (Fsp3) is 0.487. The van der Waals surface area contributed by atoms with E-state index in [1.165, 1.54) is 31.4 Å². The number of carbonyl (C=O) groups is 8. The van der Waals surface area contributed by atoms with Crippen LogP contribution < -0.4 is 21.7 Å². The Kier molecular flexibility index (Phi) is 34.4. The number of halogens is 6.